The van der Waals surface area contributed by atoms with Crippen LogP contribution in [0.5, 0.6) is 0 Å². The molecule has 0 radical (unpaired) electrons. The van der Waals surface area contributed by atoms with Gasteiger partial charge in [-0.05, 0) is 45.8 Å². The number of hydrogen-bond acceptors (Lipinski definition) is 5. The Morgan fingerprint density at radius 3 is 2.70 bits per heavy atom. The molecule has 148 valence electrons. The van der Waals surface area contributed by atoms with Gasteiger partial charge in [0.2, 0.25) is 0 Å². The molecule has 1 aliphatic heterocycles. The first kappa shape index (κ1) is 21.2. The van der Waals surface area contributed by atoms with Gasteiger partial charge in [0.15, 0.2) is 0 Å². The molecule has 1 heterocycles. The van der Waals surface area contributed by atoms with Crippen molar-refractivity contribution in [2.24, 2.45) is 11.8 Å². The topological polar surface area (TPSA) is 72.8 Å². The van der Waals surface area contributed by atoms with Crippen LogP contribution in [0.2, 0.25) is 0 Å². The number of carbonyl (C=O) groups is 2. The Morgan fingerprint density at radius 2 is 2.07 bits per heavy atom. The van der Waals surface area contributed by atoms with Crippen molar-refractivity contribution in [1.29, 1.82) is 0 Å². The fourth-order valence-electron chi connectivity index (χ4n) is 3.80. The predicted octanol–water partition coefficient (Wildman–Crippen LogP) is 3.65. The maximum absolute atomic E-state index is 12.4. The zero-order valence-corrected chi connectivity index (χ0v) is 16.7. The van der Waals surface area contributed by atoms with Crippen LogP contribution in [0.15, 0.2) is 47.1 Å². The van der Waals surface area contributed by atoms with Gasteiger partial charge in [0.25, 0.3) is 0 Å². The second-order valence-corrected chi connectivity index (χ2v) is 7.73. The summed E-state index contributed by atoms with van der Waals surface area (Å²) in [5.41, 5.74) is 3.49. The third-order valence-corrected chi connectivity index (χ3v) is 4.99. The van der Waals surface area contributed by atoms with E-state index in [0.717, 1.165) is 29.6 Å². The first-order valence-electron chi connectivity index (χ1n) is 9.41. The number of carbonyl (C=O) groups excluding carboxylic acids is 2. The highest BCUT2D eigenvalue weighted by atomic mass is 16.5. The van der Waals surface area contributed by atoms with E-state index < -0.39 is 6.10 Å². The summed E-state index contributed by atoms with van der Waals surface area (Å²) in [6.45, 7) is 11.7. The van der Waals surface area contributed by atoms with Gasteiger partial charge in [0.05, 0.1) is 12.7 Å². The molecule has 2 aliphatic rings. The molecule has 4 atom stereocenters. The Morgan fingerprint density at radius 1 is 1.37 bits per heavy atom. The Balaban J connectivity index is 2.34. The summed E-state index contributed by atoms with van der Waals surface area (Å²) in [4.78, 5) is 23.8. The molecular weight excluding hydrogens is 344 g/mol. The number of fused-ring (bicyclic) bond motifs is 1. The van der Waals surface area contributed by atoms with Gasteiger partial charge in [-0.3, -0.25) is 4.79 Å². The molecule has 0 amide bonds. The van der Waals surface area contributed by atoms with Gasteiger partial charge < -0.3 is 14.6 Å². The van der Waals surface area contributed by atoms with Crippen LogP contribution in [0.1, 0.15) is 47.0 Å². The molecule has 0 spiro atoms. The summed E-state index contributed by atoms with van der Waals surface area (Å²) in [7, 11) is 0. The van der Waals surface area contributed by atoms with Gasteiger partial charge in [0, 0.05) is 30.8 Å². The summed E-state index contributed by atoms with van der Waals surface area (Å²) < 4.78 is 10.8. The Kier molecular flexibility index (Phi) is 7.19. The molecule has 1 saturated heterocycles. The van der Waals surface area contributed by atoms with Crippen molar-refractivity contribution in [2.45, 2.75) is 59.2 Å². The lowest BCUT2D eigenvalue weighted by molar-refractivity contribution is -0.145. The molecule has 5 nitrogen and oxygen atoms in total. The predicted molar refractivity (Wildman–Crippen MR) is 104 cm³/mol. The van der Waals surface area contributed by atoms with E-state index in [1.54, 1.807) is 12.2 Å². The average molecular weight is 374 g/mol. The molecule has 0 unspecified atom stereocenters. The highest BCUT2D eigenvalue weighted by molar-refractivity contribution is 5.90. The molecule has 1 N–H and O–H groups in total. The molecule has 1 fully saturated rings. The van der Waals surface area contributed by atoms with Crippen LogP contribution in [0.3, 0.4) is 0 Å². The van der Waals surface area contributed by atoms with E-state index in [1.165, 1.54) is 6.92 Å². The number of ether oxygens (including phenoxy) is 2. The largest absolute Gasteiger partial charge is 0.462 e. The van der Waals surface area contributed by atoms with E-state index in [0.29, 0.717) is 12.0 Å². The molecule has 0 aromatic heterocycles. The zero-order chi connectivity index (χ0) is 20.1. The number of allylic oxidation sites excluding steroid dienone is 2. The number of aliphatic hydroxyl groups is 1. The summed E-state index contributed by atoms with van der Waals surface area (Å²) in [6.07, 6.45) is 6.11. The fraction of sp³-hybridized carbons (Fsp3) is 0.545. The van der Waals surface area contributed by atoms with E-state index >= 15 is 0 Å². The molecular formula is C22H30O5. The Labute approximate surface area is 161 Å². The molecule has 2 rings (SSSR count). The molecule has 0 saturated carbocycles. The minimum atomic E-state index is -0.831. The zero-order valence-electron chi connectivity index (χ0n) is 16.7. The first-order valence-corrected chi connectivity index (χ1v) is 9.41. The fourth-order valence-corrected chi connectivity index (χ4v) is 3.80. The molecule has 1 aliphatic carbocycles. The second-order valence-electron chi connectivity index (χ2n) is 7.73. The Bertz CT molecular complexity index is 693. The number of hydrogen-bond donors (Lipinski definition) is 1. The minimum Gasteiger partial charge on any atom is -0.462 e. The number of rotatable bonds is 3. The monoisotopic (exact) mass is 374 g/mol. The van der Waals surface area contributed by atoms with Crippen molar-refractivity contribution < 1.29 is 24.2 Å². The summed E-state index contributed by atoms with van der Waals surface area (Å²) >= 11 is 0. The molecule has 0 aromatic carbocycles. The van der Waals surface area contributed by atoms with E-state index in [4.69, 9.17) is 9.47 Å². The maximum atomic E-state index is 12.4. The van der Waals surface area contributed by atoms with Crippen LogP contribution >= 0.6 is 0 Å². The first-order chi connectivity index (χ1) is 12.7. The molecule has 27 heavy (non-hydrogen) atoms. The van der Waals surface area contributed by atoms with Crippen molar-refractivity contribution in [3.05, 3.63) is 47.1 Å². The maximum Gasteiger partial charge on any atom is 0.334 e. The van der Waals surface area contributed by atoms with Crippen molar-refractivity contribution in [3.63, 3.8) is 0 Å². The van der Waals surface area contributed by atoms with E-state index in [2.05, 4.69) is 6.58 Å². The molecule has 5 heteroatoms. The number of cyclic esters (lactones) is 1. The van der Waals surface area contributed by atoms with Crippen molar-refractivity contribution >= 4 is 11.9 Å². The third kappa shape index (κ3) is 5.93. The minimum absolute atomic E-state index is 0.0507. The Hall–Kier alpha value is -2.14. The normalized spacial score (nSPS) is 30.6. The van der Waals surface area contributed by atoms with Gasteiger partial charge in [-0.15, -0.1) is 0 Å². The van der Waals surface area contributed by atoms with Crippen LogP contribution in [-0.4, -0.2) is 35.9 Å². The van der Waals surface area contributed by atoms with E-state index in [-0.39, 0.29) is 36.5 Å². The van der Waals surface area contributed by atoms with Gasteiger partial charge in [-0.2, -0.15) is 0 Å². The average Bonchev–Trinajstić information content (AvgIpc) is 2.58. The highest BCUT2D eigenvalue weighted by Gasteiger charge is 2.38. The van der Waals surface area contributed by atoms with Gasteiger partial charge >= 0.3 is 11.9 Å². The standard InChI is InChI=1S/C22H30O5/c1-13(2)8-17(24)11-20-19-7-6-14(3)9-18(27-16(5)23)10-15(4)21(19)12-26-22(20)25/h8-9,11,17-19,21,24H,4,6-7,10,12H2,1-3,5H3/b14-9+,20-11+/t17-,18+,19-,21+/m1/s1. The van der Waals surface area contributed by atoms with Crippen LogP contribution in [0, 0.1) is 11.8 Å². The summed E-state index contributed by atoms with van der Waals surface area (Å²) in [6, 6.07) is 0. The molecule has 0 bridgehead atoms. The lowest BCUT2D eigenvalue weighted by Crippen LogP contribution is -2.35. The number of esters is 2. The van der Waals surface area contributed by atoms with Crippen LogP contribution in [0.25, 0.3) is 0 Å². The lowest BCUT2D eigenvalue weighted by Gasteiger charge is -2.34. The smallest absolute Gasteiger partial charge is 0.334 e. The van der Waals surface area contributed by atoms with E-state index in [1.807, 2.05) is 26.8 Å². The van der Waals surface area contributed by atoms with Gasteiger partial charge in [-0.1, -0.05) is 29.4 Å². The van der Waals surface area contributed by atoms with Crippen molar-refractivity contribution in [3.8, 4) is 0 Å². The highest BCUT2D eigenvalue weighted by Crippen LogP contribution is 2.39. The SMILES string of the molecule is C=C1C[C@@H](OC(C)=O)/C=C(\C)CC[C@@H]2/C(=C\[C@H](O)C=C(C)C)C(=O)OC[C@@H]12. The summed E-state index contributed by atoms with van der Waals surface area (Å²) in [5.74, 6) is -0.820. The van der Waals surface area contributed by atoms with Crippen LogP contribution in [-0.2, 0) is 19.1 Å². The van der Waals surface area contributed by atoms with Gasteiger partial charge in [-0.25, -0.2) is 4.79 Å². The van der Waals surface area contributed by atoms with Crippen molar-refractivity contribution in [1.82, 2.24) is 0 Å². The van der Waals surface area contributed by atoms with Crippen LogP contribution in [0.4, 0.5) is 0 Å². The second kappa shape index (κ2) is 9.18. The lowest BCUT2D eigenvalue weighted by atomic mass is 9.76. The summed E-state index contributed by atoms with van der Waals surface area (Å²) in [5, 5.41) is 10.3. The van der Waals surface area contributed by atoms with E-state index in [9.17, 15) is 14.7 Å². The third-order valence-electron chi connectivity index (χ3n) is 4.99. The van der Waals surface area contributed by atoms with Crippen LogP contribution < -0.4 is 0 Å². The van der Waals surface area contributed by atoms with Crippen molar-refractivity contribution in [2.75, 3.05) is 6.61 Å². The quantitative estimate of drug-likeness (QED) is 0.464. The van der Waals surface area contributed by atoms with Gasteiger partial charge in [0.1, 0.15) is 6.10 Å². The molecule has 0 aromatic rings. The number of aliphatic hydroxyl groups excluding tert-OH is 1.